The van der Waals surface area contributed by atoms with E-state index in [0.717, 1.165) is 6.42 Å². The molecule has 0 saturated carbocycles. The summed E-state index contributed by atoms with van der Waals surface area (Å²) >= 11 is 5.88. The van der Waals surface area contributed by atoms with Crippen molar-refractivity contribution in [2.45, 2.75) is 27.2 Å². The Morgan fingerprint density at radius 1 is 1.47 bits per heavy atom. The number of carbonyl (C=O) groups excluding carboxylic acids is 1. The second kappa shape index (κ2) is 5.36. The fraction of sp³-hybridized carbons (Fsp3) is 0.500. The molecule has 0 aliphatic heterocycles. The van der Waals surface area contributed by atoms with Crippen molar-refractivity contribution in [1.29, 1.82) is 0 Å². The third kappa shape index (κ3) is 4.61. The Bertz CT molecular complexity index is 413. The van der Waals surface area contributed by atoms with Crippen LogP contribution in [0.1, 0.15) is 37.7 Å². The first-order valence-corrected chi connectivity index (χ1v) is 5.87. The highest BCUT2D eigenvalue weighted by atomic mass is 35.5. The average molecular weight is 256 g/mol. The minimum Gasteiger partial charge on any atom is -0.384 e. The monoisotopic (exact) mass is 255 g/mol. The highest BCUT2D eigenvalue weighted by Gasteiger charge is 2.14. The lowest BCUT2D eigenvalue weighted by Gasteiger charge is -2.18. The molecule has 17 heavy (non-hydrogen) atoms. The van der Waals surface area contributed by atoms with Crippen LogP contribution in [0.4, 0.5) is 5.82 Å². The van der Waals surface area contributed by atoms with E-state index < -0.39 is 0 Å². The Morgan fingerprint density at radius 2 is 2.12 bits per heavy atom. The highest BCUT2D eigenvalue weighted by molar-refractivity contribution is 6.33. The van der Waals surface area contributed by atoms with E-state index >= 15 is 0 Å². The zero-order chi connectivity index (χ0) is 13.1. The standard InChI is InChI=1S/C12H18ClN3O/c1-12(2,3)6-7-15-11(17)10-8(13)4-5-9(14)16-10/h4-5H,6-7H2,1-3H3,(H2,14,16)(H,15,17). The molecule has 1 heterocycles. The van der Waals surface area contributed by atoms with E-state index in [4.69, 9.17) is 17.3 Å². The fourth-order valence-electron chi connectivity index (χ4n) is 1.25. The molecule has 5 heteroatoms. The molecular weight excluding hydrogens is 238 g/mol. The summed E-state index contributed by atoms with van der Waals surface area (Å²) < 4.78 is 0. The van der Waals surface area contributed by atoms with Gasteiger partial charge in [-0.2, -0.15) is 0 Å². The first-order valence-electron chi connectivity index (χ1n) is 5.50. The van der Waals surface area contributed by atoms with Crippen molar-refractivity contribution in [2.24, 2.45) is 5.41 Å². The van der Waals surface area contributed by atoms with Crippen molar-refractivity contribution >= 4 is 23.3 Å². The van der Waals surface area contributed by atoms with Gasteiger partial charge in [-0.05, 0) is 24.0 Å². The maximum absolute atomic E-state index is 11.8. The van der Waals surface area contributed by atoms with Crippen LogP contribution in [0.15, 0.2) is 12.1 Å². The minimum absolute atomic E-state index is 0.181. The van der Waals surface area contributed by atoms with Crippen LogP contribution >= 0.6 is 11.6 Å². The Kier molecular flexibility index (Phi) is 4.34. The van der Waals surface area contributed by atoms with Crippen LogP contribution in [0.2, 0.25) is 5.02 Å². The summed E-state index contributed by atoms with van der Waals surface area (Å²) in [6.45, 7) is 6.94. The van der Waals surface area contributed by atoms with Gasteiger partial charge in [-0.25, -0.2) is 4.98 Å². The van der Waals surface area contributed by atoms with Gasteiger partial charge in [-0.3, -0.25) is 4.79 Å². The number of aromatic nitrogens is 1. The highest BCUT2D eigenvalue weighted by Crippen LogP contribution is 2.18. The van der Waals surface area contributed by atoms with Gasteiger partial charge in [-0.15, -0.1) is 0 Å². The van der Waals surface area contributed by atoms with E-state index in [-0.39, 0.29) is 22.8 Å². The number of carbonyl (C=O) groups is 1. The van der Waals surface area contributed by atoms with Gasteiger partial charge >= 0.3 is 0 Å². The molecule has 0 atom stereocenters. The third-order valence-electron chi connectivity index (χ3n) is 2.24. The SMILES string of the molecule is CC(C)(C)CCNC(=O)c1nc(N)ccc1Cl. The van der Waals surface area contributed by atoms with Gasteiger partial charge < -0.3 is 11.1 Å². The van der Waals surface area contributed by atoms with Gasteiger partial charge in [0, 0.05) is 6.54 Å². The number of rotatable bonds is 3. The Balaban J connectivity index is 2.61. The average Bonchev–Trinajstić information content (AvgIpc) is 2.19. The molecule has 0 aliphatic carbocycles. The number of hydrogen-bond acceptors (Lipinski definition) is 3. The van der Waals surface area contributed by atoms with Gasteiger partial charge in [0.1, 0.15) is 11.5 Å². The number of hydrogen-bond donors (Lipinski definition) is 2. The molecule has 0 saturated heterocycles. The summed E-state index contributed by atoms with van der Waals surface area (Å²) in [4.78, 5) is 15.7. The molecule has 0 unspecified atom stereocenters. The zero-order valence-electron chi connectivity index (χ0n) is 10.4. The lowest BCUT2D eigenvalue weighted by Crippen LogP contribution is -2.28. The van der Waals surface area contributed by atoms with Crippen molar-refractivity contribution in [3.05, 3.63) is 22.8 Å². The second-order valence-corrected chi connectivity index (χ2v) is 5.54. The maximum atomic E-state index is 11.8. The lowest BCUT2D eigenvalue weighted by molar-refractivity contribution is 0.0945. The molecule has 0 bridgehead atoms. The van der Waals surface area contributed by atoms with Gasteiger partial charge in [0.25, 0.3) is 5.91 Å². The second-order valence-electron chi connectivity index (χ2n) is 5.13. The van der Waals surface area contributed by atoms with Crippen molar-refractivity contribution < 1.29 is 4.79 Å². The Morgan fingerprint density at radius 3 is 2.71 bits per heavy atom. The molecule has 0 spiro atoms. The van der Waals surface area contributed by atoms with E-state index in [1.54, 1.807) is 12.1 Å². The van der Waals surface area contributed by atoms with Crippen molar-refractivity contribution in [2.75, 3.05) is 12.3 Å². The summed E-state index contributed by atoms with van der Waals surface area (Å²) in [6, 6.07) is 3.14. The van der Waals surface area contributed by atoms with Crippen LogP contribution in [0.25, 0.3) is 0 Å². The number of nitrogen functional groups attached to an aromatic ring is 1. The largest absolute Gasteiger partial charge is 0.384 e. The fourth-order valence-corrected chi connectivity index (χ4v) is 1.44. The van der Waals surface area contributed by atoms with E-state index in [2.05, 4.69) is 31.1 Å². The summed E-state index contributed by atoms with van der Waals surface area (Å²) in [5, 5.41) is 3.09. The maximum Gasteiger partial charge on any atom is 0.271 e. The van der Waals surface area contributed by atoms with Crippen LogP contribution in [0.5, 0.6) is 0 Å². The van der Waals surface area contributed by atoms with Crippen molar-refractivity contribution in [1.82, 2.24) is 10.3 Å². The molecule has 4 nitrogen and oxygen atoms in total. The first-order chi connectivity index (χ1) is 7.79. The van der Waals surface area contributed by atoms with Crippen molar-refractivity contribution in [3.63, 3.8) is 0 Å². The van der Waals surface area contributed by atoms with E-state index in [0.29, 0.717) is 11.6 Å². The molecular formula is C12H18ClN3O. The predicted octanol–water partition coefficient (Wildman–Crippen LogP) is 2.48. The Hall–Kier alpha value is -1.29. The number of pyridine rings is 1. The number of halogens is 1. The summed E-state index contributed by atoms with van der Waals surface area (Å²) in [5.74, 6) is 0.00178. The van der Waals surface area contributed by atoms with Gasteiger partial charge in [0.05, 0.1) is 5.02 Å². The molecule has 0 aromatic carbocycles. The van der Waals surface area contributed by atoms with Crippen LogP contribution in [-0.2, 0) is 0 Å². The summed E-state index contributed by atoms with van der Waals surface area (Å²) in [6.07, 6.45) is 0.888. The van der Waals surface area contributed by atoms with Crippen LogP contribution < -0.4 is 11.1 Å². The molecule has 0 aliphatic rings. The number of nitrogens with two attached hydrogens (primary N) is 1. The van der Waals surface area contributed by atoms with Gasteiger partial charge in [-0.1, -0.05) is 32.4 Å². The van der Waals surface area contributed by atoms with Gasteiger partial charge in [0.15, 0.2) is 0 Å². The lowest BCUT2D eigenvalue weighted by atomic mass is 9.92. The predicted molar refractivity (Wildman–Crippen MR) is 70.1 cm³/mol. The topological polar surface area (TPSA) is 68.0 Å². The number of amides is 1. The van der Waals surface area contributed by atoms with Gasteiger partial charge in [0.2, 0.25) is 0 Å². The normalized spacial score (nSPS) is 11.3. The smallest absolute Gasteiger partial charge is 0.271 e. The quantitative estimate of drug-likeness (QED) is 0.872. The van der Waals surface area contributed by atoms with E-state index in [1.165, 1.54) is 0 Å². The zero-order valence-corrected chi connectivity index (χ0v) is 11.1. The molecule has 1 aromatic rings. The molecule has 0 radical (unpaired) electrons. The van der Waals surface area contributed by atoms with Crippen LogP contribution in [-0.4, -0.2) is 17.4 Å². The molecule has 94 valence electrons. The molecule has 0 fully saturated rings. The van der Waals surface area contributed by atoms with Crippen molar-refractivity contribution in [3.8, 4) is 0 Å². The van der Waals surface area contributed by atoms with E-state index in [9.17, 15) is 4.79 Å². The number of anilines is 1. The van der Waals surface area contributed by atoms with Crippen LogP contribution in [0.3, 0.4) is 0 Å². The third-order valence-corrected chi connectivity index (χ3v) is 2.55. The summed E-state index contributed by atoms with van der Waals surface area (Å²) in [7, 11) is 0. The molecule has 1 amide bonds. The first kappa shape index (κ1) is 13.8. The Labute approximate surface area is 107 Å². The molecule has 3 N–H and O–H groups in total. The molecule has 1 aromatic heterocycles. The number of nitrogens with zero attached hydrogens (tertiary/aromatic N) is 1. The van der Waals surface area contributed by atoms with Crippen LogP contribution in [0, 0.1) is 5.41 Å². The van der Waals surface area contributed by atoms with E-state index in [1.807, 2.05) is 0 Å². The molecule has 1 rings (SSSR count). The summed E-state index contributed by atoms with van der Waals surface area (Å²) in [5.41, 5.74) is 5.88. The number of nitrogens with one attached hydrogen (secondary N) is 1. The minimum atomic E-state index is -0.286.